The van der Waals surface area contributed by atoms with Crippen molar-refractivity contribution in [3.63, 3.8) is 0 Å². The summed E-state index contributed by atoms with van der Waals surface area (Å²) in [4.78, 5) is 11.1. The molecular weight excluding hydrogens is 314 g/mol. The second-order valence-corrected chi connectivity index (χ2v) is 8.68. The molecule has 120 valence electrons. The maximum absolute atomic E-state index is 12.2. The molecule has 0 spiro atoms. The van der Waals surface area contributed by atoms with Crippen molar-refractivity contribution in [2.75, 3.05) is 20.3 Å². The van der Waals surface area contributed by atoms with Crippen LogP contribution in [0, 0.1) is 5.41 Å². The number of rotatable bonds is 9. The summed E-state index contributed by atoms with van der Waals surface area (Å²) >= 11 is 0.981. The van der Waals surface area contributed by atoms with Crippen LogP contribution >= 0.6 is 11.3 Å². The van der Waals surface area contributed by atoms with Crippen molar-refractivity contribution in [3.8, 4) is 0 Å². The Hall–Kier alpha value is -0.960. The number of carboxylic acids is 1. The van der Waals surface area contributed by atoms with Gasteiger partial charge in [0.2, 0.25) is 10.0 Å². The minimum atomic E-state index is -3.60. The second kappa shape index (κ2) is 7.35. The second-order valence-electron chi connectivity index (χ2n) is 5.52. The molecule has 1 aromatic heterocycles. The Kier molecular flexibility index (Phi) is 6.33. The van der Waals surface area contributed by atoms with E-state index in [2.05, 4.69) is 4.72 Å². The van der Waals surface area contributed by atoms with Crippen molar-refractivity contribution in [2.24, 2.45) is 5.41 Å². The van der Waals surface area contributed by atoms with E-state index in [-0.39, 0.29) is 16.0 Å². The standard InChI is InChI=1S/C13H21NO5S2/c1-13(2,6-7-19-3)9-14-21(17,18)12-5-4-10(20-12)8-11(15)16/h4-5,14H,6-9H2,1-3H3,(H,15,16). The third kappa shape index (κ3) is 6.13. The van der Waals surface area contributed by atoms with Gasteiger partial charge >= 0.3 is 5.97 Å². The van der Waals surface area contributed by atoms with Gasteiger partial charge < -0.3 is 9.84 Å². The minimum Gasteiger partial charge on any atom is -0.481 e. The fourth-order valence-electron chi connectivity index (χ4n) is 1.57. The molecule has 8 heteroatoms. The first-order valence-electron chi connectivity index (χ1n) is 6.45. The van der Waals surface area contributed by atoms with E-state index in [9.17, 15) is 13.2 Å². The summed E-state index contributed by atoms with van der Waals surface area (Å²) in [7, 11) is -1.99. The van der Waals surface area contributed by atoms with Gasteiger partial charge in [-0.1, -0.05) is 13.8 Å². The van der Waals surface area contributed by atoms with Crippen molar-refractivity contribution in [1.29, 1.82) is 0 Å². The van der Waals surface area contributed by atoms with E-state index >= 15 is 0 Å². The Bertz CT molecular complexity index is 577. The van der Waals surface area contributed by atoms with E-state index in [0.717, 1.165) is 17.8 Å². The summed E-state index contributed by atoms with van der Waals surface area (Å²) < 4.78 is 32.1. The molecule has 0 aliphatic rings. The SMILES string of the molecule is COCCC(C)(C)CNS(=O)(=O)c1ccc(CC(=O)O)s1. The lowest BCUT2D eigenvalue weighted by Crippen LogP contribution is -2.34. The van der Waals surface area contributed by atoms with Crippen molar-refractivity contribution in [1.82, 2.24) is 4.72 Å². The molecule has 0 aromatic carbocycles. The number of carbonyl (C=O) groups is 1. The highest BCUT2D eigenvalue weighted by molar-refractivity contribution is 7.91. The van der Waals surface area contributed by atoms with Gasteiger partial charge in [0.25, 0.3) is 0 Å². The van der Waals surface area contributed by atoms with Gasteiger partial charge in [0.05, 0.1) is 6.42 Å². The lowest BCUT2D eigenvalue weighted by atomic mass is 9.90. The van der Waals surface area contributed by atoms with Crippen LogP contribution in [0.15, 0.2) is 16.3 Å². The summed E-state index contributed by atoms with van der Waals surface area (Å²) in [5, 5.41) is 8.70. The van der Waals surface area contributed by atoms with E-state index in [0.29, 0.717) is 18.0 Å². The van der Waals surface area contributed by atoms with E-state index in [4.69, 9.17) is 9.84 Å². The van der Waals surface area contributed by atoms with Gasteiger partial charge in [0.1, 0.15) is 4.21 Å². The third-order valence-corrected chi connectivity index (χ3v) is 5.93. The summed E-state index contributed by atoms with van der Waals surface area (Å²) in [6, 6.07) is 2.97. The summed E-state index contributed by atoms with van der Waals surface area (Å²) in [5.74, 6) is -0.977. The van der Waals surface area contributed by atoms with E-state index in [1.165, 1.54) is 12.1 Å². The molecule has 2 N–H and O–H groups in total. The number of hydrogen-bond donors (Lipinski definition) is 2. The van der Waals surface area contributed by atoms with Crippen LogP contribution in [0.25, 0.3) is 0 Å². The van der Waals surface area contributed by atoms with Crippen LogP contribution in [0.2, 0.25) is 0 Å². The van der Waals surface area contributed by atoms with Crippen LogP contribution in [-0.2, 0) is 26.0 Å². The largest absolute Gasteiger partial charge is 0.481 e. The number of methoxy groups -OCH3 is 1. The van der Waals surface area contributed by atoms with E-state index < -0.39 is 16.0 Å². The molecule has 0 saturated carbocycles. The first kappa shape index (κ1) is 18.1. The smallest absolute Gasteiger partial charge is 0.308 e. The highest BCUT2D eigenvalue weighted by Crippen LogP contribution is 2.24. The fourth-order valence-corrected chi connectivity index (χ4v) is 4.21. The number of hydrogen-bond acceptors (Lipinski definition) is 5. The first-order chi connectivity index (χ1) is 9.66. The van der Waals surface area contributed by atoms with Crippen LogP contribution in [0.4, 0.5) is 0 Å². The average molecular weight is 335 g/mol. The molecule has 0 aliphatic heterocycles. The van der Waals surface area contributed by atoms with E-state index in [1.807, 2.05) is 13.8 Å². The minimum absolute atomic E-state index is 0.140. The quantitative estimate of drug-likeness (QED) is 0.717. The molecule has 1 aromatic rings. The van der Waals surface area contributed by atoms with Gasteiger partial charge in [-0.3, -0.25) is 4.79 Å². The number of nitrogens with one attached hydrogen (secondary N) is 1. The Morgan fingerprint density at radius 1 is 1.43 bits per heavy atom. The van der Waals surface area contributed by atoms with Crippen LogP contribution in [0.1, 0.15) is 25.1 Å². The van der Waals surface area contributed by atoms with Crippen molar-refractivity contribution in [3.05, 3.63) is 17.0 Å². The Morgan fingerprint density at radius 3 is 2.67 bits per heavy atom. The predicted molar refractivity (Wildman–Crippen MR) is 81.1 cm³/mol. The zero-order valence-electron chi connectivity index (χ0n) is 12.4. The molecule has 0 aliphatic carbocycles. The zero-order valence-corrected chi connectivity index (χ0v) is 14.0. The Morgan fingerprint density at radius 2 is 2.10 bits per heavy atom. The highest BCUT2D eigenvalue weighted by Gasteiger charge is 2.23. The molecule has 0 radical (unpaired) electrons. The molecular formula is C13H21NO5S2. The molecule has 21 heavy (non-hydrogen) atoms. The molecule has 0 amide bonds. The maximum Gasteiger partial charge on any atom is 0.308 e. The van der Waals surface area contributed by atoms with Gasteiger partial charge in [-0.2, -0.15) is 0 Å². The number of sulfonamides is 1. The fraction of sp³-hybridized carbons (Fsp3) is 0.615. The van der Waals surface area contributed by atoms with Crippen molar-refractivity contribution in [2.45, 2.75) is 30.9 Å². The molecule has 0 saturated heterocycles. The first-order valence-corrected chi connectivity index (χ1v) is 8.75. The zero-order chi connectivity index (χ0) is 16.1. The van der Waals surface area contributed by atoms with Crippen LogP contribution in [0.5, 0.6) is 0 Å². The molecule has 0 bridgehead atoms. The summed E-state index contributed by atoms with van der Waals surface area (Å²) in [6.07, 6.45) is 0.570. The molecule has 0 fully saturated rings. The number of aliphatic carboxylic acids is 1. The van der Waals surface area contributed by atoms with Crippen LogP contribution < -0.4 is 4.72 Å². The predicted octanol–water partition coefficient (Wildman–Crippen LogP) is 1.72. The number of carboxylic acid groups (broad SMARTS) is 1. The van der Waals surface area contributed by atoms with Crippen molar-refractivity contribution >= 4 is 27.3 Å². The van der Waals surface area contributed by atoms with Crippen LogP contribution in [-0.4, -0.2) is 39.8 Å². The lowest BCUT2D eigenvalue weighted by molar-refractivity contribution is -0.136. The monoisotopic (exact) mass is 335 g/mol. The van der Waals surface area contributed by atoms with Gasteiger partial charge in [-0.15, -0.1) is 11.3 Å². The maximum atomic E-state index is 12.2. The molecule has 0 unspecified atom stereocenters. The average Bonchev–Trinajstić information content (AvgIpc) is 2.83. The van der Waals surface area contributed by atoms with Gasteiger partial charge in [-0.25, -0.2) is 13.1 Å². The van der Waals surface area contributed by atoms with E-state index in [1.54, 1.807) is 7.11 Å². The third-order valence-electron chi connectivity index (χ3n) is 2.95. The normalized spacial score (nSPS) is 12.5. The molecule has 1 rings (SSSR count). The van der Waals surface area contributed by atoms with Crippen LogP contribution in [0.3, 0.4) is 0 Å². The number of thiophene rings is 1. The Labute approximate surface area is 129 Å². The molecule has 6 nitrogen and oxygen atoms in total. The number of ether oxygens (including phenoxy) is 1. The topological polar surface area (TPSA) is 92.7 Å². The summed E-state index contributed by atoms with van der Waals surface area (Å²) in [6.45, 7) is 4.78. The summed E-state index contributed by atoms with van der Waals surface area (Å²) in [5.41, 5.74) is -0.218. The Balaban J connectivity index is 2.69. The lowest BCUT2D eigenvalue weighted by Gasteiger charge is -2.24. The molecule has 1 heterocycles. The van der Waals surface area contributed by atoms with Gasteiger partial charge in [0, 0.05) is 25.1 Å². The van der Waals surface area contributed by atoms with Gasteiger partial charge in [0.15, 0.2) is 0 Å². The highest BCUT2D eigenvalue weighted by atomic mass is 32.2. The molecule has 0 atom stereocenters. The van der Waals surface area contributed by atoms with Gasteiger partial charge in [-0.05, 0) is 24.0 Å². The van der Waals surface area contributed by atoms with Crippen molar-refractivity contribution < 1.29 is 23.1 Å².